The lowest BCUT2D eigenvalue weighted by Gasteiger charge is -2.23. The van der Waals surface area contributed by atoms with Crippen LogP contribution in [0.1, 0.15) is 25.2 Å². The molecule has 2 unspecified atom stereocenters. The number of hydrogen-bond acceptors (Lipinski definition) is 4. The first-order valence-electron chi connectivity index (χ1n) is 7.66. The Balaban J connectivity index is 1.74. The van der Waals surface area contributed by atoms with Crippen LogP contribution in [-0.4, -0.2) is 33.5 Å². The molecule has 0 amide bonds. The van der Waals surface area contributed by atoms with E-state index in [2.05, 4.69) is 41.4 Å². The molecule has 0 aliphatic carbocycles. The van der Waals surface area contributed by atoms with Crippen molar-refractivity contribution in [3.8, 4) is 5.75 Å². The van der Waals surface area contributed by atoms with Crippen LogP contribution in [0.3, 0.4) is 0 Å². The largest absolute Gasteiger partial charge is 0.488 e. The van der Waals surface area contributed by atoms with Crippen LogP contribution < -0.4 is 10.1 Å². The molecule has 1 aromatic carbocycles. The smallest absolute Gasteiger partial charge is 0.138 e. The quantitative estimate of drug-likeness (QED) is 0.880. The molecule has 5 nitrogen and oxygen atoms in total. The van der Waals surface area contributed by atoms with Crippen molar-refractivity contribution in [1.82, 2.24) is 20.1 Å². The summed E-state index contributed by atoms with van der Waals surface area (Å²) in [6.07, 6.45) is 3.57. The third-order valence-corrected chi connectivity index (χ3v) is 3.98. The fraction of sp³-hybridized carbons (Fsp3) is 0.500. The average Bonchev–Trinajstić information content (AvgIpc) is 3.12. The van der Waals surface area contributed by atoms with Gasteiger partial charge < -0.3 is 10.1 Å². The first-order chi connectivity index (χ1) is 10.3. The lowest BCUT2D eigenvalue weighted by molar-refractivity contribution is 0.176. The zero-order valence-electron chi connectivity index (χ0n) is 12.6. The van der Waals surface area contributed by atoms with Gasteiger partial charge in [-0.1, -0.05) is 25.1 Å². The van der Waals surface area contributed by atoms with Gasteiger partial charge in [0.2, 0.25) is 0 Å². The Morgan fingerprint density at radius 3 is 3.00 bits per heavy atom. The van der Waals surface area contributed by atoms with E-state index in [1.165, 1.54) is 5.56 Å². The molecule has 1 aromatic heterocycles. The first-order valence-corrected chi connectivity index (χ1v) is 7.66. The molecule has 5 heteroatoms. The maximum atomic E-state index is 6.12. The van der Waals surface area contributed by atoms with Gasteiger partial charge in [-0.15, -0.1) is 0 Å². The number of aromatic nitrogens is 3. The molecule has 1 N–H and O–H groups in total. The van der Waals surface area contributed by atoms with E-state index in [0.717, 1.165) is 37.5 Å². The van der Waals surface area contributed by atoms with Crippen LogP contribution in [0.15, 0.2) is 30.6 Å². The monoisotopic (exact) mass is 286 g/mol. The molecule has 0 fully saturated rings. The minimum atomic E-state index is 0.157. The number of rotatable bonds is 6. The molecule has 112 valence electrons. The van der Waals surface area contributed by atoms with Gasteiger partial charge in [-0.2, -0.15) is 5.10 Å². The Hall–Kier alpha value is -1.88. The standard InChI is InChI=1S/C16H22N4O/c1-3-17-13(10-16-18-11-19-20(16)4-2)15-9-12-7-5-6-8-14(12)21-15/h5-8,11,13,15,17H,3-4,9-10H2,1-2H3. The van der Waals surface area contributed by atoms with E-state index < -0.39 is 0 Å². The topological polar surface area (TPSA) is 52.0 Å². The summed E-state index contributed by atoms with van der Waals surface area (Å²) < 4.78 is 8.07. The number of nitrogens with zero attached hydrogens (tertiary/aromatic N) is 3. The second-order valence-corrected chi connectivity index (χ2v) is 5.33. The third kappa shape index (κ3) is 2.93. The van der Waals surface area contributed by atoms with Crippen LogP contribution >= 0.6 is 0 Å². The van der Waals surface area contributed by atoms with E-state index in [-0.39, 0.29) is 12.1 Å². The van der Waals surface area contributed by atoms with Crippen molar-refractivity contribution < 1.29 is 4.74 Å². The maximum Gasteiger partial charge on any atom is 0.138 e. The summed E-state index contributed by atoms with van der Waals surface area (Å²) in [6, 6.07) is 8.54. The summed E-state index contributed by atoms with van der Waals surface area (Å²) >= 11 is 0. The van der Waals surface area contributed by atoms with Gasteiger partial charge in [0.05, 0.1) is 6.04 Å². The van der Waals surface area contributed by atoms with Crippen molar-refractivity contribution in [2.24, 2.45) is 0 Å². The summed E-state index contributed by atoms with van der Waals surface area (Å²) in [5.41, 5.74) is 1.29. The van der Waals surface area contributed by atoms with Crippen LogP contribution in [0.4, 0.5) is 0 Å². The van der Waals surface area contributed by atoms with Gasteiger partial charge in [0.25, 0.3) is 0 Å². The number of para-hydroxylation sites is 1. The normalized spacial score (nSPS) is 18.3. The molecule has 0 saturated heterocycles. The Labute approximate surface area is 125 Å². The summed E-state index contributed by atoms with van der Waals surface area (Å²) in [7, 11) is 0. The predicted octanol–water partition coefficient (Wildman–Crippen LogP) is 1.82. The number of benzene rings is 1. The Kier molecular flexibility index (Phi) is 4.20. The van der Waals surface area contributed by atoms with E-state index in [0.29, 0.717) is 0 Å². The molecule has 1 aliphatic heterocycles. The van der Waals surface area contributed by atoms with Gasteiger partial charge in [-0.3, -0.25) is 4.68 Å². The van der Waals surface area contributed by atoms with Crippen LogP contribution in [0.5, 0.6) is 5.75 Å². The van der Waals surface area contributed by atoms with Gasteiger partial charge in [0.15, 0.2) is 0 Å². The molecule has 0 bridgehead atoms. The second-order valence-electron chi connectivity index (χ2n) is 5.33. The van der Waals surface area contributed by atoms with Crippen molar-refractivity contribution >= 4 is 0 Å². The lowest BCUT2D eigenvalue weighted by atomic mass is 10.0. The number of aryl methyl sites for hydroxylation is 1. The Bertz CT molecular complexity index is 570. The SMILES string of the molecule is CCNC(Cc1ncnn1CC)C1Cc2ccccc2O1. The second kappa shape index (κ2) is 6.26. The number of ether oxygens (including phenoxy) is 1. The summed E-state index contributed by atoms with van der Waals surface area (Å²) in [5, 5.41) is 7.79. The number of fused-ring (bicyclic) bond motifs is 1. The van der Waals surface area contributed by atoms with Gasteiger partial charge in [0, 0.05) is 19.4 Å². The first kappa shape index (κ1) is 14.1. The van der Waals surface area contributed by atoms with Crippen molar-refractivity contribution in [1.29, 1.82) is 0 Å². The highest BCUT2D eigenvalue weighted by atomic mass is 16.5. The van der Waals surface area contributed by atoms with E-state index >= 15 is 0 Å². The van der Waals surface area contributed by atoms with Crippen LogP contribution in [0.25, 0.3) is 0 Å². The predicted molar refractivity (Wildman–Crippen MR) is 81.4 cm³/mol. The number of nitrogens with one attached hydrogen (secondary N) is 1. The van der Waals surface area contributed by atoms with Gasteiger partial charge in [-0.05, 0) is 25.1 Å². The third-order valence-electron chi connectivity index (χ3n) is 3.98. The molecule has 1 aliphatic rings. The lowest BCUT2D eigenvalue weighted by Crippen LogP contribution is -2.44. The van der Waals surface area contributed by atoms with E-state index in [4.69, 9.17) is 4.74 Å². The van der Waals surface area contributed by atoms with Crippen LogP contribution in [0.2, 0.25) is 0 Å². The van der Waals surface area contributed by atoms with Crippen LogP contribution in [-0.2, 0) is 19.4 Å². The van der Waals surface area contributed by atoms with Gasteiger partial charge in [0.1, 0.15) is 24.0 Å². The minimum Gasteiger partial charge on any atom is -0.488 e. The molecule has 2 atom stereocenters. The Morgan fingerprint density at radius 1 is 1.38 bits per heavy atom. The highest BCUT2D eigenvalue weighted by Gasteiger charge is 2.30. The van der Waals surface area contributed by atoms with Gasteiger partial charge in [-0.25, -0.2) is 4.98 Å². The van der Waals surface area contributed by atoms with Crippen LogP contribution in [0, 0.1) is 0 Å². The summed E-state index contributed by atoms with van der Waals surface area (Å²) in [5.74, 6) is 2.03. The highest BCUT2D eigenvalue weighted by molar-refractivity contribution is 5.37. The van der Waals surface area contributed by atoms with E-state index in [1.807, 2.05) is 16.8 Å². The highest BCUT2D eigenvalue weighted by Crippen LogP contribution is 2.30. The van der Waals surface area contributed by atoms with E-state index in [9.17, 15) is 0 Å². The molecular formula is C16H22N4O. The number of likely N-dealkylation sites (N-methyl/N-ethyl adjacent to an activating group) is 1. The van der Waals surface area contributed by atoms with Crippen molar-refractivity contribution in [3.63, 3.8) is 0 Å². The Morgan fingerprint density at radius 2 is 2.24 bits per heavy atom. The molecule has 0 radical (unpaired) electrons. The summed E-state index contributed by atoms with van der Waals surface area (Å²) in [6.45, 7) is 5.98. The zero-order valence-corrected chi connectivity index (χ0v) is 12.6. The van der Waals surface area contributed by atoms with Gasteiger partial charge >= 0.3 is 0 Å². The van der Waals surface area contributed by atoms with Crippen molar-refractivity contribution in [2.45, 2.75) is 45.4 Å². The average molecular weight is 286 g/mol. The molecule has 2 aromatic rings. The zero-order chi connectivity index (χ0) is 14.7. The van der Waals surface area contributed by atoms with E-state index in [1.54, 1.807) is 6.33 Å². The molecule has 2 heterocycles. The maximum absolute atomic E-state index is 6.12. The van der Waals surface area contributed by atoms with Crippen molar-refractivity contribution in [3.05, 3.63) is 42.0 Å². The molecule has 3 rings (SSSR count). The molecule has 21 heavy (non-hydrogen) atoms. The molecular weight excluding hydrogens is 264 g/mol. The summed E-state index contributed by atoms with van der Waals surface area (Å²) in [4.78, 5) is 4.39. The number of hydrogen-bond donors (Lipinski definition) is 1. The molecule has 0 spiro atoms. The molecule has 0 saturated carbocycles. The fourth-order valence-electron chi connectivity index (χ4n) is 2.94. The van der Waals surface area contributed by atoms with Crippen molar-refractivity contribution in [2.75, 3.05) is 6.54 Å². The fourth-order valence-corrected chi connectivity index (χ4v) is 2.94. The minimum absolute atomic E-state index is 0.157.